The Morgan fingerprint density at radius 3 is 2.52 bits per heavy atom. The van der Waals surface area contributed by atoms with E-state index >= 15 is 0 Å². The summed E-state index contributed by atoms with van der Waals surface area (Å²) in [5.41, 5.74) is 2.35. The van der Waals surface area contributed by atoms with Crippen LogP contribution in [0.2, 0.25) is 0 Å². The Morgan fingerprint density at radius 1 is 1.29 bits per heavy atom. The van der Waals surface area contributed by atoms with Gasteiger partial charge >= 0.3 is 0 Å². The summed E-state index contributed by atoms with van der Waals surface area (Å²) in [6, 6.07) is 4.15. The van der Waals surface area contributed by atoms with Gasteiger partial charge < -0.3 is 10.1 Å². The van der Waals surface area contributed by atoms with E-state index in [0.29, 0.717) is 0 Å². The number of aryl methyl sites for hydroxylation is 2. The van der Waals surface area contributed by atoms with Gasteiger partial charge in [0.05, 0.1) is 5.69 Å². The average molecular weight is 290 g/mol. The molecule has 0 aromatic carbocycles. The highest BCUT2D eigenvalue weighted by Crippen LogP contribution is 2.40. The fourth-order valence-electron chi connectivity index (χ4n) is 2.82. The monoisotopic (exact) mass is 290 g/mol. The first kappa shape index (κ1) is 16.3. The molecule has 0 unspecified atom stereocenters. The third kappa shape index (κ3) is 4.44. The van der Waals surface area contributed by atoms with Crippen LogP contribution in [-0.2, 0) is 6.42 Å². The number of nitrogens with one attached hydrogen (secondary N) is 1. The second-order valence-corrected chi connectivity index (χ2v) is 7.32. The molecule has 1 aliphatic rings. The summed E-state index contributed by atoms with van der Waals surface area (Å²) in [4.78, 5) is 4.61. The highest BCUT2D eigenvalue weighted by atomic mass is 16.5. The van der Waals surface area contributed by atoms with Crippen LogP contribution >= 0.6 is 0 Å². The zero-order valence-electron chi connectivity index (χ0n) is 14.3. The van der Waals surface area contributed by atoms with Crippen LogP contribution in [0.3, 0.4) is 0 Å². The SMILES string of the molecule is CCc1nc(C)ccc1OC1(CCNC(C)(C)C)CCC1. The van der Waals surface area contributed by atoms with Gasteiger partial charge in [-0.05, 0) is 78.5 Å². The number of ether oxygens (including phenoxy) is 1. The van der Waals surface area contributed by atoms with E-state index in [1.54, 1.807) is 0 Å². The number of hydrogen-bond donors (Lipinski definition) is 1. The van der Waals surface area contributed by atoms with Gasteiger partial charge in [0.15, 0.2) is 0 Å². The molecule has 0 amide bonds. The van der Waals surface area contributed by atoms with Crippen LogP contribution in [0.5, 0.6) is 5.75 Å². The lowest BCUT2D eigenvalue weighted by molar-refractivity contribution is -0.0163. The topological polar surface area (TPSA) is 34.1 Å². The first-order chi connectivity index (χ1) is 9.84. The molecule has 0 bridgehead atoms. The Labute approximate surface area is 129 Å². The molecule has 1 heterocycles. The van der Waals surface area contributed by atoms with Gasteiger partial charge in [-0.15, -0.1) is 0 Å². The van der Waals surface area contributed by atoms with Gasteiger partial charge in [0.25, 0.3) is 0 Å². The molecule has 0 aliphatic heterocycles. The van der Waals surface area contributed by atoms with Gasteiger partial charge in [0.1, 0.15) is 11.4 Å². The Kier molecular flexibility index (Phi) is 4.92. The van der Waals surface area contributed by atoms with Crippen LogP contribution in [0.4, 0.5) is 0 Å². The van der Waals surface area contributed by atoms with Crippen molar-refractivity contribution in [3.63, 3.8) is 0 Å². The standard InChI is InChI=1S/C18H30N2O/c1-6-15-16(9-8-14(2)20-15)21-18(10-7-11-18)12-13-19-17(3,4)5/h8-9,19H,6-7,10-13H2,1-5H3. The molecular formula is C18H30N2O. The van der Waals surface area contributed by atoms with Gasteiger partial charge in [0.2, 0.25) is 0 Å². The normalized spacial score (nSPS) is 17.4. The Bertz CT molecular complexity index is 473. The van der Waals surface area contributed by atoms with E-state index < -0.39 is 0 Å². The molecule has 1 aromatic heterocycles. The van der Waals surface area contributed by atoms with Crippen LogP contribution < -0.4 is 10.1 Å². The molecule has 3 nitrogen and oxygen atoms in total. The van der Waals surface area contributed by atoms with Gasteiger partial charge in [-0.1, -0.05) is 6.92 Å². The smallest absolute Gasteiger partial charge is 0.141 e. The van der Waals surface area contributed by atoms with Crippen LogP contribution in [0.15, 0.2) is 12.1 Å². The van der Waals surface area contributed by atoms with Gasteiger partial charge in [-0.3, -0.25) is 4.98 Å². The molecule has 1 fully saturated rings. The molecular weight excluding hydrogens is 260 g/mol. The average Bonchev–Trinajstić information content (AvgIpc) is 2.36. The van der Waals surface area contributed by atoms with E-state index in [1.807, 2.05) is 13.0 Å². The number of hydrogen-bond acceptors (Lipinski definition) is 3. The van der Waals surface area contributed by atoms with Crippen LogP contribution in [0.1, 0.15) is 64.8 Å². The van der Waals surface area contributed by atoms with Gasteiger partial charge in [-0.2, -0.15) is 0 Å². The van der Waals surface area contributed by atoms with Crippen molar-refractivity contribution in [1.82, 2.24) is 10.3 Å². The Hall–Kier alpha value is -1.09. The lowest BCUT2D eigenvalue weighted by atomic mass is 9.77. The van der Waals surface area contributed by atoms with Crippen molar-refractivity contribution in [3.8, 4) is 5.75 Å². The van der Waals surface area contributed by atoms with Crippen molar-refractivity contribution in [2.75, 3.05) is 6.54 Å². The highest BCUT2D eigenvalue weighted by Gasteiger charge is 2.39. The minimum absolute atomic E-state index is 0.0269. The van der Waals surface area contributed by atoms with Crippen LogP contribution in [0.25, 0.3) is 0 Å². The zero-order valence-corrected chi connectivity index (χ0v) is 14.3. The number of aromatic nitrogens is 1. The third-order valence-electron chi connectivity index (χ3n) is 4.23. The second kappa shape index (κ2) is 6.35. The molecule has 1 N–H and O–H groups in total. The third-order valence-corrected chi connectivity index (χ3v) is 4.23. The minimum atomic E-state index is 0.0269. The van der Waals surface area contributed by atoms with Crippen molar-refractivity contribution in [3.05, 3.63) is 23.5 Å². The number of pyridine rings is 1. The first-order valence-corrected chi connectivity index (χ1v) is 8.24. The summed E-state index contributed by atoms with van der Waals surface area (Å²) in [6.07, 6.45) is 5.59. The molecule has 118 valence electrons. The van der Waals surface area contributed by atoms with Crippen molar-refractivity contribution >= 4 is 0 Å². The number of nitrogens with zero attached hydrogens (tertiary/aromatic N) is 1. The summed E-state index contributed by atoms with van der Waals surface area (Å²) in [7, 11) is 0. The summed E-state index contributed by atoms with van der Waals surface area (Å²) in [5.74, 6) is 0.985. The minimum Gasteiger partial charge on any atom is -0.485 e. The maximum atomic E-state index is 6.43. The Morgan fingerprint density at radius 2 is 2.00 bits per heavy atom. The van der Waals surface area contributed by atoms with Gasteiger partial charge in [0, 0.05) is 11.2 Å². The van der Waals surface area contributed by atoms with Crippen LogP contribution in [-0.4, -0.2) is 22.7 Å². The molecule has 2 rings (SSSR count). The maximum Gasteiger partial charge on any atom is 0.141 e. The van der Waals surface area contributed by atoms with E-state index in [1.165, 1.54) is 6.42 Å². The predicted molar refractivity (Wildman–Crippen MR) is 87.9 cm³/mol. The molecule has 1 saturated carbocycles. The first-order valence-electron chi connectivity index (χ1n) is 8.24. The van der Waals surface area contributed by atoms with E-state index in [4.69, 9.17) is 4.74 Å². The van der Waals surface area contributed by atoms with E-state index in [9.17, 15) is 0 Å². The van der Waals surface area contributed by atoms with E-state index in [0.717, 1.165) is 49.4 Å². The summed E-state index contributed by atoms with van der Waals surface area (Å²) >= 11 is 0. The summed E-state index contributed by atoms with van der Waals surface area (Å²) < 4.78 is 6.43. The quantitative estimate of drug-likeness (QED) is 0.859. The van der Waals surface area contributed by atoms with Crippen molar-refractivity contribution in [1.29, 1.82) is 0 Å². The van der Waals surface area contributed by atoms with Crippen LogP contribution in [0, 0.1) is 6.92 Å². The molecule has 3 heteroatoms. The van der Waals surface area contributed by atoms with E-state index in [2.05, 4.69) is 44.1 Å². The largest absolute Gasteiger partial charge is 0.485 e. The molecule has 1 aliphatic carbocycles. The molecule has 21 heavy (non-hydrogen) atoms. The van der Waals surface area contributed by atoms with E-state index in [-0.39, 0.29) is 11.1 Å². The fourth-order valence-corrected chi connectivity index (χ4v) is 2.82. The van der Waals surface area contributed by atoms with Crippen molar-refractivity contribution < 1.29 is 4.74 Å². The highest BCUT2D eigenvalue weighted by molar-refractivity contribution is 5.30. The van der Waals surface area contributed by atoms with Crippen molar-refractivity contribution in [2.24, 2.45) is 0 Å². The molecule has 0 atom stereocenters. The molecule has 0 radical (unpaired) electrons. The lowest BCUT2D eigenvalue weighted by Crippen LogP contribution is -2.47. The summed E-state index contributed by atoms with van der Waals surface area (Å²) in [6.45, 7) is 11.8. The Balaban J connectivity index is 2.01. The summed E-state index contributed by atoms with van der Waals surface area (Å²) in [5, 5.41) is 3.57. The zero-order chi connectivity index (χ0) is 15.5. The van der Waals surface area contributed by atoms with Crippen molar-refractivity contribution in [2.45, 2.75) is 77.9 Å². The fraction of sp³-hybridized carbons (Fsp3) is 0.722. The predicted octanol–water partition coefficient (Wildman–Crippen LogP) is 4.03. The molecule has 0 saturated heterocycles. The molecule has 1 aromatic rings. The maximum absolute atomic E-state index is 6.43. The second-order valence-electron chi connectivity index (χ2n) is 7.32. The lowest BCUT2D eigenvalue weighted by Gasteiger charge is -2.43. The number of rotatable bonds is 6. The molecule has 0 spiro atoms. The van der Waals surface area contributed by atoms with Gasteiger partial charge in [-0.25, -0.2) is 0 Å².